The lowest BCUT2D eigenvalue weighted by atomic mass is 10.2. The Morgan fingerprint density at radius 3 is 2.44 bits per heavy atom. The Labute approximate surface area is 66.0 Å². The van der Waals surface area contributed by atoms with Crippen molar-refractivity contribution < 1.29 is 5.11 Å². The summed E-state index contributed by atoms with van der Waals surface area (Å²) < 4.78 is 0. The maximum atomic E-state index is 9.92. The molecule has 1 radical (unpaired) electrons. The van der Waals surface area contributed by atoms with Gasteiger partial charge >= 0.3 is 0 Å². The molecule has 0 aliphatic carbocycles. The largest absolute Gasteiger partial charge is 0.237 e. The Balaban J connectivity index is 2.88. The SMILES string of the molecule is [O]CCCCC(Cl)CCl. The van der Waals surface area contributed by atoms with Crippen LogP contribution >= 0.6 is 23.2 Å². The number of alkyl halides is 2. The molecule has 0 spiro atoms. The summed E-state index contributed by atoms with van der Waals surface area (Å²) in [6.07, 6.45) is 2.50. The van der Waals surface area contributed by atoms with E-state index in [4.69, 9.17) is 23.2 Å². The van der Waals surface area contributed by atoms with Crippen molar-refractivity contribution in [2.24, 2.45) is 0 Å². The first-order valence-electron chi connectivity index (χ1n) is 3.09. The van der Waals surface area contributed by atoms with E-state index in [1.54, 1.807) is 0 Å². The van der Waals surface area contributed by atoms with Crippen LogP contribution in [0.25, 0.3) is 0 Å². The second kappa shape index (κ2) is 6.66. The van der Waals surface area contributed by atoms with E-state index in [-0.39, 0.29) is 12.0 Å². The number of rotatable bonds is 5. The fraction of sp³-hybridized carbons (Fsp3) is 1.00. The topological polar surface area (TPSA) is 19.9 Å². The Morgan fingerprint density at radius 2 is 2.00 bits per heavy atom. The maximum Gasteiger partial charge on any atom is 0.0822 e. The monoisotopic (exact) mass is 169 g/mol. The summed E-state index contributed by atoms with van der Waals surface area (Å²) in [7, 11) is 0. The third-order valence-electron chi connectivity index (χ3n) is 1.08. The van der Waals surface area contributed by atoms with Crippen LogP contribution in [0, 0.1) is 0 Å². The Morgan fingerprint density at radius 1 is 1.33 bits per heavy atom. The van der Waals surface area contributed by atoms with Crippen LogP contribution in [0.3, 0.4) is 0 Å². The second-order valence-electron chi connectivity index (χ2n) is 1.95. The standard InChI is InChI=1S/C6H11Cl2O/c7-5-6(8)3-1-2-4-9/h6H,1-5H2. The van der Waals surface area contributed by atoms with Gasteiger partial charge in [-0.25, -0.2) is 5.11 Å². The normalized spacial score (nSPS) is 13.7. The molecule has 0 aliphatic rings. The van der Waals surface area contributed by atoms with Crippen LogP contribution in [0.2, 0.25) is 0 Å². The molecule has 0 saturated heterocycles. The van der Waals surface area contributed by atoms with Gasteiger partial charge in [0, 0.05) is 11.3 Å². The molecular weight excluding hydrogens is 159 g/mol. The zero-order valence-electron chi connectivity index (χ0n) is 5.28. The van der Waals surface area contributed by atoms with Gasteiger partial charge in [-0.3, -0.25) is 0 Å². The molecule has 0 aromatic heterocycles. The fourth-order valence-electron chi connectivity index (χ4n) is 0.545. The van der Waals surface area contributed by atoms with Gasteiger partial charge in [0.2, 0.25) is 0 Å². The molecule has 0 aliphatic heterocycles. The van der Waals surface area contributed by atoms with Crippen molar-refractivity contribution in [3.8, 4) is 0 Å². The van der Waals surface area contributed by atoms with E-state index >= 15 is 0 Å². The van der Waals surface area contributed by atoms with Crippen LogP contribution in [0.4, 0.5) is 0 Å². The van der Waals surface area contributed by atoms with E-state index in [0.29, 0.717) is 5.88 Å². The predicted molar refractivity (Wildman–Crippen MR) is 39.8 cm³/mol. The number of halogens is 2. The predicted octanol–water partition coefficient (Wildman–Crippen LogP) is 2.43. The van der Waals surface area contributed by atoms with Gasteiger partial charge in [0.25, 0.3) is 0 Å². The Hall–Kier alpha value is 0.540. The molecule has 0 heterocycles. The van der Waals surface area contributed by atoms with Crippen LogP contribution in [0.15, 0.2) is 0 Å². The highest BCUT2D eigenvalue weighted by Crippen LogP contribution is 2.08. The lowest BCUT2D eigenvalue weighted by Gasteiger charge is -2.01. The minimum Gasteiger partial charge on any atom is -0.237 e. The smallest absolute Gasteiger partial charge is 0.0822 e. The second-order valence-corrected chi connectivity index (χ2v) is 2.88. The van der Waals surface area contributed by atoms with Gasteiger partial charge in [-0.05, 0) is 19.3 Å². The first kappa shape index (κ1) is 9.54. The van der Waals surface area contributed by atoms with Crippen molar-refractivity contribution in [1.29, 1.82) is 0 Å². The van der Waals surface area contributed by atoms with Crippen molar-refractivity contribution in [3.63, 3.8) is 0 Å². The molecule has 9 heavy (non-hydrogen) atoms. The molecule has 1 unspecified atom stereocenters. The van der Waals surface area contributed by atoms with E-state index in [1.807, 2.05) is 0 Å². The molecule has 0 bridgehead atoms. The van der Waals surface area contributed by atoms with Crippen molar-refractivity contribution in [3.05, 3.63) is 0 Å². The van der Waals surface area contributed by atoms with Crippen molar-refractivity contribution in [1.82, 2.24) is 0 Å². The highest BCUT2D eigenvalue weighted by Gasteiger charge is 2.00. The molecule has 3 heteroatoms. The van der Waals surface area contributed by atoms with Gasteiger partial charge in [0.15, 0.2) is 0 Å². The number of unbranched alkanes of at least 4 members (excludes halogenated alkanes) is 1. The summed E-state index contributed by atoms with van der Waals surface area (Å²) in [6.45, 7) is 0.00585. The molecule has 0 aromatic carbocycles. The van der Waals surface area contributed by atoms with E-state index in [2.05, 4.69) is 0 Å². The van der Waals surface area contributed by atoms with E-state index in [9.17, 15) is 5.11 Å². The Kier molecular flexibility index (Phi) is 7.06. The molecule has 0 amide bonds. The molecular formula is C6H11Cl2O. The van der Waals surface area contributed by atoms with Crippen LogP contribution in [0.5, 0.6) is 0 Å². The van der Waals surface area contributed by atoms with E-state index in [1.165, 1.54) is 0 Å². The molecule has 1 atom stereocenters. The van der Waals surface area contributed by atoms with Gasteiger partial charge in [-0.1, -0.05) is 0 Å². The highest BCUT2D eigenvalue weighted by atomic mass is 35.5. The third kappa shape index (κ3) is 6.42. The summed E-state index contributed by atoms with van der Waals surface area (Å²) >= 11 is 11.1. The summed E-state index contributed by atoms with van der Waals surface area (Å²) in [5.41, 5.74) is 0. The summed E-state index contributed by atoms with van der Waals surface area (Å²) in [5, 5.41) is 9.98. The molecule has 55 valence electrons. The summed E-state index contributed by atoms with van der Waals surface area (Å²) in [4.78, 5) is 0. The van der Waals surface area contributed by atoms with Crippen LogP contribution in [-0.2, 0) is 5.11 Å². The lowest BCUT2D eigenvalue weighted by molar-refractivity contribution is 0.186. The van der Waals surface area contributed by atoms with Gasteiger partial charge in [0.05, 0.1) is 6.61 Å². The molecule has 0 aromatic rings. The molecule has 1 nitrogen and oxygen atoms in total. The summed E-state index contributed by atoms with van der Waals surface area (Å²) in [6, 6.07) is 0. The summed E-state index contributed by atoms with van der Waals surface area (Å²) in [5.74, 6) is 0.487. The average molecular weight is 170 g/mol. The van der Waals surface area contributed by atoms with E-state index < -0.39 is 0 Å². The van der Waals surface area contributed by atoms with Crippen LogP contribution in [0.1, 0.15) is 19.3 Å². The van der Waals surface area contributed by atoms with Gasteiger partial charge in [0.1, 0.15) is 0 Å². The number of hydrogen-bond donors (Lipinski definition) is 0. The molecule has 0 saturated carbocycles. The quantitative estimate of drug-likeness (QED) is 0.446. The lowest BCUT2D eigenvalue weighted by Crippen LogP contribution is -1.99. The minimum atomic E-state index is 0.00585. The maximum absolute atomic E-state index is 9.92. The van der Waals surface area contributed by atoms with Crippen molar-refractivity contribution in [2.45, 2.75) is 24.6 Å². The van der Waals surface area contributed by atoms with Gasteiger partial charge in [-0.15, -0.1) is 23.2 Å². The van der Waals surface area contributed by atoms with Crippen LogP contribution in [-0.4, -0.2) is 17.9 Å². The first-order valence-corrected chi connectivity index (χ1v) is 4.06. The molecule has 0 N–H and O–H groups in total. The van der Waals surface area contributed by atoms with Crippen LogP contribution < -0.4 is 0 Å². The van der Waals surface area contributed by atoms with Gasteiger partial charge < -0.3 is 0 Å². The highest BCUT2D eigenvalue weighted by molar-refractivity contribution is 6.28. The zero-order chi connectivity index (χ0) is 7.11. The first-order chi connectivity index (χ1) is 4.31. The van der Waals surface area contributed by atoms with E-state index in [0.717, 1.165) is 19.3 Å². The van der Waals surface area contributed by atoms with Gasteiger partial charge in [-0.2, -0.15) is 0 Å². The zero-order valence-corrected chi connectivity index (χ0v) is 6.79. The number of hydrogen-bond acceptors (Lipinski definition) is 0. The third-order valence-corrected chi connectivity index (χ3v) is 1.98. The minimum absolute atomic E-state index is 0.00585. The average Bonchev–Trinajstić information content (AvgIpc) is 1.89. The fourth-order valence-corrected chi connectivity index (χ4v) is 0.854. The Bertz CT molecular complexity index is 59.0. The van der Waals surface area contributed by atoms with Crippen molar-refractivity contribution in [2.75, 3.05) is 12.5 Å². The molecule has 0 rings (SSSR count). The molecule has 0 fully saturated rings. The van der Waals surface area contributed by atoms with Crippen molar-refractivity contribution >= 4 is 23.2 Å².